The van der Waals surface area contributed by atoms with Crippen LogP contribution in [0, 0.1) is 0 Å². The van der Waals surface area contributed by atoms with Gasteiger partial charge < -0.3 is 10.2 Å². The van der Waals surface area contributed by atoms with Gasteiger partial charge in [-0.2, -0.15) is 0 Å². The Kier molecular flexibility index (Phi) is 4.44. The van der Waals surface area contributed by atoms with Crippen LogP contribution in [-0.2, 0) is 0 Å². The zero-order chi connectivity index (χ0) is 19.1. The van der Waals surface area contributed by atoms with E-state index in [1.54, 1.807) is 0 Å². The SMILES string of the molecule is O=C1c2ccccc2NC(c2cc3ccccc3nc2Cl)N1C1CCCCC1. The monoisotopic (exact) mass is 391 g/mol. The minimum Gasteiger partial charge on any atom is -0.361 e. The fourth-order valence-corrected chi connectivity index (χ4v) is 4.78. The molecule has 0 bridgehead atoms. The highest BCUT2D eigenvalue weighted by molar-refractivity contribution is 6.30. The molecule has 142 valence electrons. The Balaban J connectivity index is 1.65. The van der Waals surface area contributed by atoms with Crippen molar-refractivity contribution in [3.05, 3.63) is 70.9 Å². The third kappa shape index (κ3) is 2.92. The highest BCUT2D eigenvalue weighted by atomic mass is 35.5. The van der Waals surface area contributed by atoms with Gasteiger partial charge >= 0.3 is 0 Å². The van der Waals surface area contributed by atoms with Gasteiger partial charge in [0.1, 0.15) is 11.3 Å². The van der Waals surface area contributed by atoms with E-state index in [1.807, 2.05) is 53.4 Å². The molecule has 28 heavy (non-hydrogen) atoms. The minimum atomic E-state index is -0.310. The van der Waals surface area contributed by atoms with Crippen LogP contribution in [0.4, 0.5) is 5.69 Å². The summed E-state index contributed by atoms with van der Waals surface area (Å²) in [6.07, 6.45) is 5.31. The number of amides is 1. The number of para-hydroxylation sites is 2. The molecular weight excluding hydrogens is 370 g/mol. The molecular formula is C23H22ClN3O. The van der Waals surface area contributed by atoms with Gasteiger partial charge in [0.05, 0.1) is 11.1 Å². The van der Waals surface area contributed by atoms with Gasteiger partial charge in [-0.25, -0.2) is 4.98 Å². The Morgan fingerprint density at radius 3 is 2.61 bits per heavy atom. The Labute approximate surface area is 169 Å². The van der Waals surface area contributed by atoms with Gasteiger partial charge in [0, 0.05) is 22.7 Å². The second-order valence-corrected chi connectivity index (χ2v) is 8.02. The molecule has 2 heterocycles. The van der Waals surface area contributed by atoms with E-state index in [4.69, 9.17) is 11.6 Å². The number of hydrogen-bond donors (Lipinski definition) is 1. The van der Waals surface area contributed by atoms with Crippen molar-refractivity contribution in [3.63, 3.8) is 0 Å². The normalized spacial score (nSPS) is 20.1. The van der Waals surface area contributed by atoms with Gasteiger partial charge in [-0.15, -0.1) is 0 Å². The summed E-state index contributed by atoms with van der Waals surface area (Å²) in [5, 5.41) is 5.05. The topological polar surface area (TPSA) is 45.2 Å². The number of halogens is 1. The Morgan fingerprint density at radius 2 is 1.75 bits per heavy atom. The Bertz CT molecular complexity index is 1040. The standard InChI is InChI=1S/C23H22ClN3O/c24-21-18(14-15-8-4-6-12-19(15)25-21)22-26-20-13-7-5-11-17(20)23(28)27(22)16-9-2-1-3-10-16/h4-8,11-14,16,22,26H,1-3,9-10H2. The number of nitrogens with zero attached hydrogens (tertiary/aromatic N) is 2. The molecule has 1 amide bonds. The van der Waals surface area contributed by atoms with E-state index in [0.717, 1.165) is 53.4 Å². The first-order valence-electron chi connectivity index (χ1n) is 9.96. The van der Waals surface area contributed by atoms with Gasteiger partial charge in [-0.3, -0.25) is 4.79 Å². The van der Waals surface area contributed by atoms with Gasteiger partial charge in [0.15, 0.2) is 0 Å². The fraction of sp³-hybridized carbons (Fsp3) is 0.304. The number of hydrogen-bond acceptors (Lipinski definition) is 3. The van der Waals surface area contributed by atoms with Gasteiger partial charge in [-0.1, -0.05) is 61.2 Å². The molecule has 0 saturated heterocycles. The van der Waals surface area contributed by atoms with E-state index in [1.165, 1.54) is 6.42 Å². The fourth-order valence-electron chi connectivity index (χ4n) is 4.53. The molecule has 1 N–H and O–H groups in total. The second kappa shape index (κ2) is 7.10. The molecule has 5 heteroatoms. The quantitative estimate of drug-likeness (QED) is 0.562. The van der Waals surface area contributed by atoms with Crippen molar-refractivity contribution >= 4 is 34.1 Å². The van der Waals surface area contributed by atoms with Gasteiger partial charge in [-0.05, 0) is 37.1 Å². The first-order valence-corrected chi connectivity index (χ1v) is 10.3. The molecule has 1 aliphatic carbocycles. The molecule has 0 radical (unpaired) electrons. The van der Waals surface area contributed by atoms with Crippen LogP contribution in [0.2, 0.25) is 5.15 Å². The molecule has 2 aromatic carbocycles. The maximum absolute atomic E-state index is 13.5. The van der Waals surface area contributed by atoms with Crippen molar-refractivity contribution in [2.75, 3.05) is 5.32 Å². The molecule has 1 aromatic heterocycles. The van der Waals surface area contributed by atoms with E-state index in [9.17, 15) is 4.79 Å². The molecule has 1 atom stereocenters. The second-order valence-electron chi connectivity index (χ2n) is 7.66. The lowest BCUT2D eigenvalue weighted by molar-refractivity contribution is 0.0524. The number of carbonyl (C=O) groups excluding carboxylic acids is 1. The lowest BCUT2D eigenvalue weighted by atomic mass is 9.91. The molecule has 5 rings (SSSR count). The summed E-state index contributed by atoms with van der Waals surface area (Å²) in [7, 11) is 0. The number of fused-ring (bicyclic) bond motifs is 2. The van der Waals surface area contributed by atoms with Crippen molar-refractivity contribution in [1.29, 1.82) is 0 Å². The zero-order valence-electron chi connectivity index (χ0n) is 15.6. The number of aromatic nitrogens is 1. The van der Waals surface area contributed by atoms with Gasteiger partial charge in [0.25, 0.3) is 5.91 Å². The Morgan fingerprint density at radius 1 is 1.00 bits per heavy atom. The molecule has 1 fully saturated rings. The first-order chi connectivity index (χ1) is 13.7. The molecule has 1 unspecified atom stereocenters. The van der Waals surface area contributed by atoms with Crippen molar-refractivity contribution < 1.29 is 4.79 Å². The average Bonchev–Trinajstić information content (AvgIpc) is 2.74. The molecule has 0 spiro atoms. The lowest BCUT2D eigenvalue weighted by Gasteiger charge is -2.44. The summed E-state index contributed by atoms with van der Waals surface area (Å²) in [6, 6.07) is 18.0. The predicted molar refractivity (Wildman–Crippen MR) is 113 cm³/mol. The molecule has 1 aliphatic heterocycles. The number of nitrogens with one attached hydrogen (secondary N) is 1. The summed E-state index contributed by atoms with van der Waals surface area (Å²) >= 11 is 6.63. The van der Waals surface area contributed by atoms with Crippen LogP contribution >= 0.6 is 11.6 Å². The summed E-state index contributed by atoms with van der Waals surface area (Å²) in [4.78, 5) is 20.1. The maximum atomic E-state index is 13.5. The van der Waals surface area contributed by atoms with E-state index >= 15 is 0 Å². The zero-order valence-corrected chi connectivity index (χ0v) is 16.3. The number of benzene rings is 2. The van der Waals surface area contributed by atoms with E-state index in [0.29, 0.717) is 5.15 Å². The van der Waals surface area contributed by atoms with E-state index < -0.39 is 0 Å². The molecule has 3 aromatic rings. The van der Waals surface area contributed by atoms with Crippen LogP contribution in [-0.4, -0.2) is 21.8 Å². The third-order valence-electron chi connectivity index (χ3n) is 5.93. The average molecular weight is 392 g/mol. The highest BCUT2D eigenvalue weighted by Crippen LogP contribution is 2.40. The first kappa shape index (κ1) is 17.5. The summed E-state index contributed by atoms with van der Waals surface area (Å²) in [6.45, 7) is 0. The van der Waals surface area contributed by atoms with Gasteiger partial charge in [0.2, 0.25) is 0 Å². The lowest BCUT2D eigenvalue weighted by Crippen LogP contribution is -2.49. The van der Waals surface area contributed by atoms with Crippen LogP contribution in [0.3, 0.4) is 0 Å². The largest absolute Gasteiger partial charge is 0.361 e. The van der Waals surface area contributed by atoms with Crippen LogP contribution in [0.1, 0.15) is 54.2 Å². The van der Waals surface area contributed by atoms with Crippen LogP contribution in [0.5, 0.6) is 0 Å². The van der Waals surface area contributed by atoms with Crippen molar-refractivity contribution in [3.8, 4) is 0 Å². The summed E-state index contributed by atoms with van der Waals surface area (Å²) in [5.74, 6) is 0.0791. The van der Waals surface area contributed by atoms with E-state index in [2.05, 4.69) is 16.4 Å². The number of anilines is 1. The summed E-state index contributed by atoms with van der Waals surface area (Å²) < 4.78 is 0. The Hall–Kier alpha value is -2.59. The highest BCUT2D eigenvalue weighted by Gasteiger charge is 2.38. The number of pyridine rings is 1. The van der Waals surface area contributed by atoms with Crippen molar-refractivity contribution in [1.82, 2.24) is 9.88 Å². The van der Waals surface area contributed by atoms with Crippen LogP contribution in [0.15, 0.2) is 54.6 Å². The minimum absolute atomic E-state index is 0.0791. The van der Waals surface area contributed by atoms with E-state index in [-0.39, 0.29) is 18.1 Å². The number of rotatable bonds is 2. The van der Waals surface area contributed by atoms with Crippen molar-refractivity contribution in [2.45, 2.75) is 44.3 Å². The molecule has 4 nitrogen and oxygen atoms in total. The maximum Gasteiger partial charge on any atom is 0.258 e. The smallest absolute Gasteiger partial charge is 0.258 e. The summed E-state index contributed by atoms with van der Waals surface area (Å²) in [5.41, 5.74) is 3.31. The predicted octanol–water partition coefficient (Wildman–Crippen LogP) is 5.79. The molecule has 1 saturated carbocycles. The number of carbonyl (C=O) groups is 1. The van der Waals surface area contributed by atoms with Crippen LogP contribution in [0.25, 0.3) is 10.9 Å². The third-order valence-corrected chi connectivity index (χ3v) is 6.23. The van der Waals surface area contributed by atoms with Crippen molar-refractivity contribution in [2.24, 2.45) is 0 Å². The molecule has 2 aliphatic rings. The van der Waals surface area contributed by atoms with Crippen LogP contribution < -0.4 is 5.32 Å².